The normalized spacial score (nSPS) is 11.7. The number of nitriles is 1. The molecular weight excluding hydrogens is 727 g/mol. The van der Waals surface area contributed by atoms with Crippen molar-refractivity contribution in [2.45, 2.75) is 0 Å². The van der Waals surface area contributed by atoms with E-state index in [1.54, 1.807) is 0 Å². The van der Waals surface area contributed by atoms with Crippen molar-refractivity contribution in [1.82, 2.24) is 9.13 Å². The number of nitrogens with zero attached hydrogens (tertiary/aromatic N) is 3. The van der Waals surface area contributed by atoms with Gasteiger partial charge in [0.05, 0.1) is 33.7 Å². The molecular formula is C57H35N3. The van der Waals surface area contributed by atoms with Crippen molar-refractivity contribution < 1.29 is 0 Å². The molecule has 0 aliphatic rings. The Hall–Kier alpha value is -8.19. The van der Waals surface area contributed by atoms with E-state index in [0.29, 0.717) is 5.56 Å². The lowest BCUT2D eigenvalue weighted by atomic mass is 9.85. The average Bonchev–Trinajstić information content (AvgIpc) is 3.82. The molecule has 0 bridgehead atoms. The van der Waals surface area contributed by atoms with Crippen molar-refractivity contribution in [3.05, 3.63) is 218 Å². The summed E-state index contributed by atoms with van der Waals surface area (Å²) in [6, 6.07) is 78.5. The Bertz CT molecular complexity index is 3660. The molecule has 3 heteroatoms. The minimum Gasteiger partial charge on any atom is -0.309 e. The third-order valence-corrected chi connectivity index (χ3v) is 12.3. The van der Waals surface area contributed by atoms with Crippen molar-refractivity contribution in [2.75, 3.05) is 0 Å². The summed E-state index contributed by atoms with van der Waals surface area (Å²) >= 11 is 0. The molecule has 2 aromatic heterocycles. The highest BCUT2D eigenvalue weighted by Crippen LogP contribution is 2.45. The molecule has 0 amide bonds. The third kappa shape index (κ3) is 5.15. The fraction of sp³-hybridized carbons (Fsp3) is 0. The quantitative estimate of drug-likeness (QED) is 0.161. The van der Waals surface area contributed by atoms with Gasteiger partial charge in [-0.15, -0.1) is 0 Å². The zero-order valence-corrected chi connectivity index (χ0v) is 32.5. The molecule has 0 saturated heterocycles. The van der Waals surface area contributed by atoms with Crippen molar-refractivity contribution in [3.63, 3.8) is 0 Å². The second-order valence-electron chi connectivity index (χ2n) is 15.6. The van der Waals surface area contributed by atoms with Crippen LogP contribution >= 0.6 is 0 Å². The fourth-order valence-electron chi connectivity index (χ4n) is 9.75. The van der Waals surface area contributed by atoms with Crippen LogP contribution in [0.15, 0.2) is 212 Å². The van der Waals surface area contributed by atoms with E-state index in [1.807, 2.05) is 12.1 Å². The first-order chi connectivity index (χ1) is 29.7. The van der Waals surface area contributed by atoms with Gasteiger partial charge in [0.25, 0.3) is 0 Å². The summed E-state index contributed by atoms with van der Waals surface area (Å²) in [7, 11) is 0. The van der Waals surface area contributed by atoms with Gasteiger partial charge in [0.2, 0.25) is 0 Å². The lowest BCUT2D eigenvalue weighted by Gasteiger charge is -2.18. The first-order valence-corrected chi connectivity index (χ1v) is 20.4. The van der Waals surface area contributed by atoms with Crippen molar-refractivity contribution in [1.29, 1.82) is 5.26 Å². The van der Waals surface area contributed by atoms with Crippen LogP contribution in [0.4, 0.5) is 0 Å². The van der Waals surface area contributed by atoms with Crippen LogP contribution in [0.1, 0.15) is 5.56 Å². The first kappa shape index (κ1) is 33.9. The molecule has 0 aliphatic carbocycles. The number of aromatic nitrogens is 2. The van der Waals surface area contributed by atoms with Crippen LogP contribution in [0, 0.1) is 11.3 Å². The highest BCUT2D eigenvalue weighted by molar-refractivity contribution is 6.22. The Morgan fingerprint density at radius 3 is 1.33 bits per heavy atom. The largest absolute Gasteiger partial charge is 0.309 e. The molecule has 0 radical (unpaired) electrons. The maximum absolute atomic E-state index is 10.6. The van der Waals surface area contributed by atoms with Gasteiger partial charge in [-0.25, -0.2) is 0 Å². The van der Waals surface area contributed by atoms with Gasteiger partial charge in [-0.1, -0.05) is 152 Å². The topological polar surface area (TPSA) is 33.6 Å². The van der Waals surface area contributed by atoms with Crippen LogP contribution in [-0.4, -0.2) is 9.13 Å². The second-order valence-corrected chi connectivity index (χ2v) is 15.6. The van der Waals surface area contributed by atoms with Crippen LogP contribution in [-0.2, 0) is 0 Å². The monoisotopic (exact) mass is 761 g/mol. The fourth-order valence-corrected chi connectivity index (χ4v) is 9.75. The van der Waals surface area contributed by atoms with Crippen LogP contribution < -0.4 is 0 Å². The summed E-state index contributed by atoms with van der Waals surface area (Å²) in [5, 5.41) is 20.2. The van der Waals surface area contributed by atoms with Crippen LogP contribution in [0.25, 0.3) is 110 Å². The number of rotatable bonds is 5. The maximum atomic E-state index is 10.6. The van der Waals surface area contributed by atoms with E-state index >= 15 is 0 Å². The first-order valence-electron chi connectivity index (χ1n) is 20.4. The molecule has 0 N–H and O–H groups in total. The summed E-state index contributed by atoms with van der Waals surface area (Å²) < 4.78 is 4.71. The number of fused-ring (bicyclic) bond motifs is 8. The molecule has 0 spiro atoms. The van der Waals surface area contributed by atoms with E-state index in [2.05, 4.69) is 215 Å². The van der Waals surface area contributed by atoms with Gasteiger partial charge in [0.15, 0.2) is 0 Å². The second kappa shape index (κ2) is 13.5. The molecule has 0 atom stereocenters. The number of hydrogen-bond donors (Lipinski definition) is 0. The molecule has 12 aromatic rings. The molecule has 278 valence electrons. The molecule has 3 nitrogen and oxygen atoms in total. The standard InChI is InChI=1S/C57H35N3/c58-36-37-30-41(39-18-15-19-40(32-39)57-48-26-9-7-24-46(48)56(38-16-3-1-4-17-38)47-25-8-10-27-49(47)57)33-43(31-37)60-53-29-14-12-23-45(53)51-34-50-44-22-11-13-28-52(44)59(54(50)35-55(51)60)42-20-5-2-6-21-42/h1-35H. The zero-order chi connectivity index (χ0) is 39.7. The van der Waals surface area contributed by atoms with Crippen molar-refractivity contribution in [2.24, 2.45) is 0 Å². The van der Waals surface area contributed by atoms with E-state index in [4.69, 9.17) is 0 Å². The Labute approximate surface area is 346 Å². The van der Waals surface area contributed by atoms with Crippen LogP contribution in [0.2, 0.25) is 0 Å². The lowest BCUT2D eigenvalue weighted by molar-refractivity contribution is 1.16. The van der Waals surface area contributed by atoms with E-state index < -0.39 is 0 Å². The highest BCUT2D eigenvalue weighted by Gasteiger charge is 2.20. The summed E-state index contributed by atoms with van der Waals surface area (Å²) in [6.07, 6.45) is 0. The van der Waals surface area contributed by atoms with E-state index in [1.165, 1.54) is 65.3 Å². The lowest BCUT2D eigenvalue weighted by Crippen LogP contribution is -1.97. The predicted octanol–water partition coefficient (Wildman–Crippen LogP) is 15.1. The molecule has 12 rings (SSSR count). The van der Waals surface area contributed by atoms with Gasteiger partial charge in [0, 0.05) is 32.9 Å². The number of para-hydroxylation sites is 3. The molecule has 0 fully saturated rings. The Balaban J connectivity index is 1.09. The van der Waals surface area contributed by atoms with Crippen LogP contribution in [0.3, 0.4) is 0 Å². The number of hydrogen-bond acceptors (Lipinski definition) is 1. The summed E-state index contributed by atoms with van der Waals surface area (Å²) in [4.78, 5) is 0. The van der Waals surface area contributed by atoms with Gasteiger partial charge in [-0.3, -0.25) is 0 Å². The molecule has 60 heavy (non-hydrogen) atoms. The SMILES string of the molecule is N#Cc1cc(-c2cccc(-c3c4ccccc4c(-c4ccccc4)c4ccccc34)c2)cc(-n2c3ccccc3c3cc4c5ccccc5n(-c5ccccc5)c4cc32)c1. The molecule has 2 heterocycles. The number of benzene rings is 10. The molecule has 10 aromatic carbocycles. The van der Waals surface area contributed by atoms with E-state index in [0.717, 1.165) is 44.6 Å². The molecule has 0 aliphatic heterocycles. The minimum atomic E-state index is 0.612. The predicted molar refractivity (Wildman–Crippen MR) is 251 cm³/mol. The van der Waals surface area contributed by atoms with Gasteiger partial charge >= 0.3 is 0 Å². The third-order valence-electron chi connectivity index (χ3n) is 12.3. The molecule has 0 unspecified atom stereocenters. The maximum Gasteiger partial charge on any atom is 0.0992 e. The smallest absolute Gasteiger partial charge is 0.0992 e. The minimum absolute atomic E-state index is 0.612. The van der Waals surface area contributed by atoms with E-state index in [-0.39, 0.29) is 0 Å². The van der Waals surface area contributed by atoms with Gasteiger partial charge < -0.3 is 9.13 Å². The van der Waals surface area contributed by atoms with Crippen LogP contribution in [0.5, 0.6) is 0 Å². The Morgan fingerprint density at radius 2 is 0.750 bits per heavy atom. The molecule has 0 saturated carbocycles. The summed E-state index contributed by atoms with van der Waals surface area (Å²) in [5.74, 6) is 0. The van der Waals surface area contributed by atoms with Gasteiger partial charge in [-0.05, 0) is 116 Å². The van der Waals surface area contributed by atoms with Gasteiger partial charge in [0.1, 0.15) is 0 Å². The van der Waals surface area contributed by atoms with E-state index in [9.17, 15) is 5.26 Å². The van der Waals surface area contributed by atoms with Crippen molar-refractivity contribution in [3.8, 4) is 50.8 Å². The van der Waals surface area contributed by atoms with Gasteiger partial charge in [-0.2, -0.15) is 5.26 Å². The zero-order valence-electron chi connectivity index (χ0n) is 32.5. The average molecular weight is 762 g/mol. The van der Waals surface area contributed by atoms with Crippen molar-refractivity contribution >= 4 is 65.2 Å². The Morgan fingerprint density at radius 1 is 0.283 bits per heavy atom. The summed E-state index contributed by atoms with van der Waals surface area (Å²) in [5.41, 5.74) is 14.0. The highest BCUT2D eigenvalue weighted by atomic mass is 15.0. The summed E-state index contributed by atoms with van der Waals surface area (Å²) in [6.45, 7) is 0. The Kier molecular flexibility index (Phi) is 7.60.